The molecule has 0 saturated carbocycles. The van der Waals surface area contributed by atoms with Crippen molar-refractivity contribution in [2.45, 2.75) is 6.61 Å². The summed E-state index contributed by atoms with van der Waals surface area (Å²) in [7, 11) is 0. The lowest BCUT2D eigenvalue weighted by molar-refractivity contribution is -0.385. The minimum absolute atomic E-state index is 0.0158. The minimum Gasteiger partial charge on any atom is -0.457 e. The van der Waals surface area contributed by atoms with Gasteiger partial charge < -0.3 is 9.84 Å². The van der Waals surface area contributed by atoms with Gasteiger partial charge in [-0.3, -0.25) is 10.1 Å². The summed E-state index contributed by atoms with van der Waals surface area (Å²) in [4.78, 5) is 10.2. The van der Waals surface area contributed by atoms with Gasteiger partial charge in [0.15, 0.2) is 0 Å². The summed E-state index contributed by atoms with van der Waals surface area (Å²) in [5.74, 6) is 0.758. The molecular weight excluding hydrogens is 260 g/mol. The molecule has 0 fully saturated rings. The zero-order valence-electron chi connectivity index (χ0n) is 10.3. The van der Waals surface area contributed by atoms with Gasteiger partial charge in [0.05, 0.1) is 17.6 Å². The first-order valence-corrected chi connectivity index (χ1v) is 5.70. The molecule has 1 N–H and O–H groups in total. The number of hydrogen-bond acceptors (Lipinski definition) is 5. The summed E-state index contributed by atoms with van der Waals surface area (Å²) in [6, 6.07) is 12.5. The minimum atomic E-state index is -0.625. The standard InChI is InChI=1S/C14H10N2O4/c15-8-11-3-6-13(7-14(11)16(18)19)20-12-4-1-10(9-17)2-5-12/h1-7,17H,9H2. The van der Waals surface area contributed by atoms with Crippen molar-refractivity contribution in [2.75, 3.05) is 0 Å². The van der Waals surface area contributed by atoms with E-state index < -0.39 is 4.92 Å². The van der Waals surface area contributed by atoms with E-state index in [4.69, 9.17) is 15.1 Å². The van der Waals surface area contributed by atoms with E-state index in [1.165, 1.54) is 18.2 Å². The van der Waals surface area contributed by atoms with E-state index in [0.717, 1.165) is 5.56 Å². The predicted octanol–water partition coefficient (Wildman–Crippen LogP) is 2.75. The molecule has 0 aliphatic carbocycles. The van der Waals surface area contributed by atoms with Gasteiger partial charge in [0.25, 0.3) is 5.69 Å². The van der Waals surface area contributed by atoms with Crippen molar-refractivity contribution in [3.63, 3.8) is 0 Å². The van der Waals surface area contributed by atoms with Crippen LogP contribution in [0, 0.1) is 21.4 Å². The van der Waals surface area contributed by atoms with Crippen LogP contribution in [0.5, 0.6) is 11.5 Å². The number of aliphatic hydroxyl groups excluding tert-OH is 1. The maximum Gasteiger partial charge on any atom is 0.290 e. The smallest absolute Gasteiger partial charge is 0.290 e. The molecule has 2 aromatic carbocycles. The third-order valence-corrected chi connectivity index (χ3v) is 2.63. The van der Waals surface area contributed by atoms with E-state index in [2.05, 4.69) is 0 Å². The van der Waals surface area contributed by atoms with Crippen molar-refractivity contribution in [3.8, 4) is 17.6 Å². The van der Waals surface area contributed by atoms with Gasteiger partial charge in [-0.1, -0.05) is 12.1 Å². The molecule has 2 aromatic rings. The lowest BCUT2D eigenvalue weighted by atomic mass is 10.2. The molecule has 0 radical (unpaired) electrons. The second-order valence-corrected chi connectivity index (χ2v) is 3.95. The first-order chi connectivity index (χ1) is 9.63. The number of nitrogens with zero attached hydrogens (tertiary/aromatic N) is 2. The molecule has 0 atom stereocenters. The van der Waals surface area contributed by atoms with Crippen molar-refractivity contribution < 1.29 is 14.8 Å². The van der Waals surface area contributed by atoms with Crippen LogP contribution in [-0.4, -0.2) is 10.0 Å². The third kappa shape index (κ3) is 2.91. The molecular formula is C14H10N2O4. The predicted molar refractivity (Wildman–Crippen MR) is 70.3 cm³/mol. The highest BCUT2D eigenvalue weighted by Crippen LogP contribution is 2.28. The zero-order valence-corrected chi connectivity index (χ0v) is 10.3. The van der Waals surface area contributed by atoms with Gasteiger partial charge in [0, 0.05) is 0 Å². The van der Waals surface area contributed by atoms with Crippen LogP contribution in [-0.2, 0) is 6.61 Å². The number of nitro groups is 1. The number of ether oxygens (including phenoxy) is 1. The fourth-order valence-corrected chi connectivity index (χ4v) is 1.62. The Morgan fingerprint density at radius 3 is 2.40 bits per heavy atom. The lowest BCUT2D eigenvalue weighted by Crippen LogP contribution is -1.93. The number of nitriles is 1. The van der Waals surface area contributed by atoms with Crippen LogP contribution >= 0.6 is 0 Å². The van der Waals surface area contributed by atoms with E-state index in [1.54, 1.807) is 30.3 Å². The van der Waals surface area contributed by atoms with Gasteiger partial charge in [-0.05, 0) is 29.8 Å². The maximum absolute atomic E-state index is 10.8. The van der Waals surface area contributed by atoms with Crippen molar-refractivity contribution in [1.82, 2.24) is 0 Å². The van der Waals surface area contributed by atoms with E-state index in [1.807, 2.05) is 0 Å². The highest BCUT2D eigenvalue weighted by Gasteiger charge is 2.15. The first kappa shape index (κ1) is 13.5. The van der Waals surface area contributed by atoms with Crippen molar-refractivity contribution >= 4 is 5.69 Å². The second-order valence-electron chi connectivity index (χ2n) is 3.95. The van der Waals surface area contributed by atoms with Gasteiger partial charge >= 0.3 is 0 Å². The van der Waals surface area contributed by atoms with E-state index >= 15 is 0 Å². The van der Waals surface area contributed by atoms with Crippen molar-refractivity contribution in [2.24, 2.45) is 0 Å². The fourth-order valence-electron chi connectivity index (χ4n) is 1.62. The average molecular weight is 270 g/mol. The molecule has 2 rings (SSSR count). The summed E-state index contributed by atoms with van der Waals surface area (Å²) in [5.41, 5.74) is 0.429. The molecule has 0 aliphatic rings. The monoisotopic (exact) mass is 270 g/mol. The second kappa shape index (κ2) is 5.82. The van der Waals surface area contributed by atoms with E-state index in [9.17, 15) is 10.1 Å². The normalized spacial score (nSPS) is 9.80. The van der Waals surface area contributed by atoms with E-state index in [0.29, 0.717) is 5.75 Å². The largest absolute Gasteiger partial charge is 0.457 e. The van der Waals surface area contributed by atoms with Gasteiger partial charge in [0.2, 0.25) is 0 Å². The molecule has 0 spiro atoms. The van der Waals surface area contributed by atoms with Gasteiger partial charge in [-0.25, -0.2) is 0 Å². The van der Waals surface area contributed by atoms with Crippen LogP contribution in [0.3, 0.4) is 0 Å². The summed E-state index contributed by atoms with van der Waals surface area (Å²) in [6.45, 7) is -0.0668. The molecule has 0 bridgehead atoms. The summed E-state index contributed by atoms with van der Waals surface area (Å²) >= 11 is 0. The van der Waals surface area contributed by atoms with Crippen LogP contribution < -0.4 is 4.74 Å². The number of aliphatic hydroxyl groups is 1. The number of rotatable bonds is 4. The summed E-state index contributed by atoms with van der Waals surface area (Å²) < 4.78 is 5.47. The van der Waals surface area contributed by atoms with E-state index in [-0.39, 0.29) is 23.6 Å². The molecule has 6 nitrogen and oxygen atoms in total. The Morgan fingerprint density at radius 2 is 1.85 bits per heavy atom. The molecule has 0 aliphatic heterocycles. The zero-order chi connectivity index (χ0) is 14.5. The summed E-state index contributed by atoms with van der Waals surface area (Å²) in [6.07, 6.45) is 0. The Labute approximate surface area is 114 Å². The highest BCUT2D eigenvalue weighted by atomic mass is 16.6. The van der Waals surface area contributed by atoms with Gasteiger partial charge in [0.1, 0.15) is 23.1 Å². The number of hydrogen-bond donors (Lipinski definition) is 1. The van der Waals surface area contributed by atoms with Crippen LogP contribution in [0.4, 0.5) is 5.69 Å². The van der Waals surface area contributed by atoms with Crippen LogP contribution in [0.2, 0.25) is 0 Å². The molecule has 0 amide bonds. The quantitative estimate of drug-likeness (QED) is 0.680. The Bertz CT molecular complexity index is 675. The molecule has 20 heavy (non-hydrogen) atoms. The Hall–Kier alpha value is -2.91. The van der Waals surface area contributed by atoms with Crippen LogP contribution in [0.25, 0.3) is 0 Å². The number of benzene rings is 2. The highest BCUT2D eigenvalue weighted by molar-refractivity contribution is 5.53. The van der Waals surface area contributed by atoms with Crippen LogP contribution in [0.15, 0.2) is 42.5 Å². The first-order valence-electron chi connectivity index (χ1n) is 5.70. The van der Waals surface area contributed by atoms with Gasteiger partial charge in [-0.15, -0.1) is 0 Å². The molecule has 0 unspecified atom stereocenters. The molecule has 0 heterocycles. The maximum atomic E-state index is 10.8. The van der Waals surface area contributed by atoms with Crippen molar-refractivity contribution in [1.29, 1.82) is 5.26 Å². The Morgan fingerprint density at radius 1 is 1.20 bits per heavy atom. The van der Waals surface area contributed by atoms with Gasteiger partial charge in [-0.2, -0.15) is 5.26 Å². The molecule has 0 aromatic heterocycles. The SMILES string of the molecule is N#Cc1ccc(Oc2ccc(CO)cc2)cc1[N+](=O)[O-]. The van der Waals surface area contributed by atoms with Crippen LogP contribution in [0.1, 0.15) is 11.1 Å². The molecule has 100 valence electrons. The van der Waals surface area contributed by atoms with Crippen molar-refractivity contribution in [3.05, 3.63) is 63.7 Å². The Balaban J connectivity index is 2.27. The topological polar surface area (TPSA) is 96.4 Å². The summed E-state index contributed by atoms with van der Waals surface area (Å²) in [5, 5.41) is 28.6. The molecule has 6 heteroatoms. The average Bonchev–Trinajstić information content (AvgIpc) is 2.48. The number of nitro benzene ring substituents is 1. The Kier molecular flexibility index (Phi) is 3.93. The lowest BCUT2D eigenvalue weighted by Gasteiger charge is -2.06. The molecule has 0 saturated heterocycles. The fraction of sp³-hybridized carbons (Fsp3) is 0.0714. The third-order valence-electron chi connectivity index (χ3n) is 2.63.